The molecule has 0 saturated heterocycles. The molecule has 0 aliphatic heterocycles. The van der Waals surface area contributed by atoms with Crippen LogP contribution in [-0.2, 0) is 0 Å². The quantitative estimate of drug-likeness (QED) is 0.0782. The number of unbranched alkanes of at least 4 members (excludes halogenated alkanes) is 9. The van der Waals surface area contributed by atoms with Crippen LogP contribution >= 0.6 is 36.2 Å². The summed E-state index contributed by atoms with van der Waals surface area (Å²) in [7, 11) is 1.27. The Morgan fingerprint density at radius 1 is 0.225 bits per heavy atom. The molecule has 0 rings (SSSR count). The minimum Gasteiger partial charge on any atom is -0.147 e. The molecule has 248 valence electrons. The summed E-state index contributed by atoms with van der Waals surface area (Å²) < 4.78 is 0. The highest BCUT2D eigenvalue weighted by molar-refractivity contribution is 7.58. The van der Waals surface area contributed by atoms with Gasteiger partial charge in [0.05, 0.1) is 0 Å². The van der Waals surface area contributed by atoms with Gasteiger partial charge in [-0.15, -0.1) is 36.2 Å². The van der Waals surface area contributed by atoms with E-state index in [9.17, 15) is 0 Å². The maximum Gasteiger partial charge on any atom is -0.0326 e. The highest BCUT2D eigenvalue weighted by Gasteiger charge is 2.07. The van der Waals surface area contributed by atoms with Gasteiger partial charge >= 0.3 is 0 Å². The van der Waals surface area contributed by atoms with Crippen LogP contribution in [0.5, 0.6) is 0 Å². The zero-order valence-corrected chi connectivity index (χ0v) is 33.3. The van der Waals surface area contributed by atoms with Gasteiger partial charge in [-0.25, -0.2) is 0 Å². The van der Waals surface area contributed by atoms with E-state index in [0.29, 0.717) is 23.8 Å². The van der Waals surface area contributed by atoms with Gasteiger partial charge < -0.3 is 0 Å². The van der Waals surface area contributed by atoms with Crippen LogP contribution in [0.1, 0.15) is 178 Å². The van der Waals surface area contributed by atoms with E-state index in [2.05, 4.69) is 62.3 Å². The third-order valence-corrected chi connectivity index (χ3v) is 16.0. The lowest BCUT2D eigenvalue weighted by molar-refractivity contribution is 0.847. The Labute approximate surface area is 268 Å². The van der Waals surface area contributed by atoms with Crippen LogP contribution in [0.15, 0.2) is 0 Å². The summed E-state index contributed by atoms with van der Waals surface area (Å²) in [6.07, 6.45) is 39.6. The summed E-state index contributed by atoms with van der Waals surface area (Å²) in [4.78, 5) is 0. The van der Waals surface area contributed by atoms with Crippen LogP contribution in [-0.4, -0.2) is 55.5 Å². The third-order valence-electron chi connectivity index (χ3n) is 7.45. The van der Waals surface area contributed by atoms with Gasteiger partial charge in [0.25, 0.3) is 0 Å². The molecular formula is C36H82ClP3. The summed E-state index contributed by atoms with van der Waals surface area (Å²) in [5, 5.41) is 0. The Kier molecular flexibility index (Phi) is 54.6. The highest BCUT2D eigenvalue weighted by Crippen LogP contribution is 2.40. The maximum absolute atomic E-state index is 2.31. The summed E-state index contributed by atoms with van der Waals surface area (Å²) in [5.41, 5.74) is 0. The highest BCUT2D eigenvalue weighted by atomic mass is 35.5. The van der Waals surface area contributed by atoms with Crippen molar-refractivity contribution in [2.45, 2.75) is 178 Å². The van der Waals surface area contributed by atoms with Crippen LogP contribution in [0, 0.1) is 0 Å². The minimum atomic E-state index is 0. The fourth-order valence-electron chi connectivity index (χ4n) is 4.44. The van der Waals surface area contributed by atoms with E-state index in [1.807, 2.05) is 0 Å². The fraction of sp³-hybridized carbons (Fsp3) is 1.00. The van der Waals surface area contributed by atoms with Crippen molar-refractivity contribution in [3.8, 4) is 0 Å². The number of hydrogen-bond donors (Lipinski definition) is 0. The van der Waals surface area contributed by atoms with Gasteiger partial charge in [-0.2, -0.15) is 0 Å². The van der Waals surface area contributed by atoms with Crippen molar-refractivity contribution < 1.29 is 0 Å². The standard InChI is InChI=1S/3C12H27P.ClH/c3*1-4-7-10-13(11-8-5-2)12-9-6-3;/h3*4-12H2,1-3H3;1H. The van der Waals surface area contributed by atoms with E-state index in [0.717, 1.165) is 0 Å². The summed E-state index contributed by atoms with van der Waals surface area (Å²) in [6.45, 7) is 20.8. The lowest BCUT2D eigenvalue weighted by Crippen LogP contribution is -1.95. The molecule has 0 saturated carbocycles. The van der Waals surface area contributed by atoms with E-state index in [-0.39, 0.29) is 12.4 Å². The second-order valence-corrected chi connectivity index (χ2v) is 19.8. The zero-order chi connectivity index (χ0) is 29.8. The smallest absolute Gasteiger partial charge is 0.0326 e. The molecule has 0 N–H and O–H groups in total. The van der Waals surface area contributed by atoms with Crippen molar-refractivity contribution in [1.29, 1.82) is 0 Å². The van der Waals surface area contributed by atoms with E-state index in [1.165, 1.54) is 116 Å². The summed E-state index contributed by atoms with van der Waals surface area (Å²) in [6, 6.07) is 0. The molecule has 40 heavy (non-hydrogen) atoms. The van der Waals surface area contributed by atoms with Gasteiger partial charge in [0.2, 0.25) is 0 Å². The van der Waals surface area contributed by atoms with Gasteiger partial charge in [0.1, 0.15) is 0 Å². The van der Waals surface area contributed by atoms with Crippen LogP contribution in [0.25, 0.3) is 0 Å². The maximum atomic E-state index is 2.31. The van der Waals surface area contributed by atoms with Gasteiger partial charge in [-0.1, -0.05) is 120 Å². The molecular weight excluding hydrogens is 561 g/mol. The minimum absolute atomic E-state index is 0. The monoisotopic (exact) mass is 643 g/mol. The Balaban J connectivity index is -0.000000240. The average Bonchev–Trinajstić information content (AvgIpc) is 2.96. The molecule has 0 aromatic carbocycles. The molecule has 0 aliphatic rings. The molecule has 0 bridgehead atoms. The first-order valence-electron chi connectivity index (χ1n) is 18.2. The average molecular weight is 643 g/mol. The number of halogens is 1. The van der Waals surface area contributed by atoms with Crippen LogP contribution in [0.4, 0.5) is 0 Å². The molecule has 0 amide bonds. The van der Waals surface area contributed by atoms with Crippen LogP contribution in [0.2, 0.25) is 0 Å². The van der Waals surface area contributed by atoms with Crippen molar-refractivity contribution in [3.05, 3.63) is 0 Å². The lowest BCUT2D eigenvalue weighted by atomic mass is 10.4. The van der Waals surface area contributed by atoms with Gasteiger partial charge in [0, 0.05) is 0 Å². The molecule has 0 unspecified atom stereocenters. The van der Waals surface area contributed by atoms with Crippen LogP contribution < -0.4 is 0 Å². The Bertz CT molecular complexity index is 280. The Hall–Kier alpha value is 1.58. The van der Waals surface area contributed by atoms with Gasteiger partial charge in [0.15, 0.2) is 0 Å². The largest absolute Gasteiger partial charge is 0.147 e. The normalized spacial score (nSPS) is 10.8. The molecule has 4 heteroatoms. The van der Waals surface area contributed by atoms with Gasteiger partial charge in [-0.3, -0.25) is 0 Å². The fourth-order valence-corrected chi connectivity index (χ4v) is 13.3. The molecule has 0 fully saturated rings. The Morgan fingerprint density at radius 2 is 0.325 bits per heavy atom. The van der Waals surface area contributed by atoms with Crippen LogP contribution in [0.3, 0.4) is 0 Å². The summed E-state index contributed by atoms with van der Waals surface area (Å²) >= 11 is 0. The predicted molar refractivity (Wildman–Crippen MR) is 206 cm³/mol. The first-order valence-corrected chi connectivity index (χ1v) is 23.9. The van der Waals surface area contributed by atoms with Crippen molar-refractivity contribution in [1.82, 2.24) is 0 Å². The topological polar surface area (TPSA) is 0 Å². The van der Waals surface area contributed by atoms with Crippen molar-refractivity contribution in [2.75, 3.05) is 55.5 Å². The van der Waals surface area contributed by atoms with E-state index in [1.54, 1.807) is 55.5 Å². The van der Waals surface area contributed by atoms with E-state index in [4.69, 9.17) is 0 Å². The molecule has 0 atom stereocenters. The van der Waals surface area contributed by atoms with Crippen molar-refractivity contribution in [3.63, 3.8) is 0 Å². The van der Waals surface area contributed by atoms with E-state index < -0.39 is 0 Å². The lowest BCUT2D eigenvalue weighted by Gasteiger charge is -2.16. The molecule has 0 nitrogen and oxygen atoms in total. The molecule has 0 aliphatic carbocycles. The third kappa shape index (κ3) is 41.7. The predicted octanol–water partition coefficient (Wildman–Crippen LogP) is 15.0. The second-order valence-electron chi connectivity index (χ2n) is 11.7. The molecule has 0 heterocycles. The van der Waals surface area contributed by atoms with Gasteiger partial charge in [-0.05, 0) is 113 Å². The second kappa shape index (κ2) is 45.0. The number of hydrogen-bond acceptors (Lipinski definition) is 0. The van der Waals surface area contributed by atoms with E-state index >= 15 is 0 Å². The van der Waals surface area contributed by atoms with Crippen molar-refractivity contribution in [2.24, 2.45) is 0 Å². The molecule has 0 radical (unpaired) electrons. The SMILES string of the molecule is CCCCP(CCCC)CCCC.CCCCP(CCCC)CCCC.CCCCP(CCCC)CCCC.Cl. The summed E-state index contributed by atoms with van der Waals surface area (Å²) in [5.74, 6) is 0. The van der Waals surface area contributed by atoms with Crippen molar-refractivity contribution >= 4 is 36.2 Å². The number of rotatable bonds is 27. The first kappa shape index (κ1) is 48.5. The molecule has 0 spiro atoms. The Morgan fingerprint density at radius 3 is 0.400 bits per heavy atom. The molecule has 0 aromatic rings. The zero-order valence-electron chi connectivity index (χ0n) is 29.8. The molecule has 0 aromatic heterocycles. The first-order chi connectivity index (χ1) is 19.0.